The minimum atomic E-state index is -1.16. The summed E-state index contributed by atoms with van der Waals surface area (Å²) in [5.74, 6) is 0.464. The zero-order valence-corrected chi connectivity index (χ0v) is 16.7. The summed E-state index contributed by atoms with van der Waals surface area (Å²) in [5, 5.41) is 27.2. The van der Waals surface area contributed by atoms with Crippen LogP contribution in [0.3, 0.4) is 0 Å². The second kappa shape index (κ2) is 8.04. The van der Waals surface area contributed by atoms with Crippen molar-refractivity contribution >= 4 is 18.1 Å². The van der Waals surface area contributed by atoms with Crippen LogP contribution < -0.4 is 5.73 Å². The third-order valence-electron chi connectivity index (χ3n) is 6.66. The Hall–Kier alpha value is -1.97. The van der Waals surface area contributed by atoms with Crippen LogP contribution in [0.5, 0.6) is 0 Å². The minimum absolute atomic E-state index is 0.0841. The van der Waals surface area contributed by atoms with E-state index in [1.165, 1.54) is 25.6 Å². The molecule has 0 aromatic carbocycles. The average Bonchev–Trinajstić information content (AvgIpc) is 3.24. The van der Waals surface area contributed by atoms with Gasteiger partial charge in [-0.3, -0.25) is 9.80 Å². The minimum Gasteiger partial charge on any atom is -0.463 e. The van der Waals surface area contributed by atoms with E-state index in [0.29, 0.717) is 30.3 Å². The quantitative estimate of drug-likeness (QED) is 0.572. The zero-order chi connectivity index (χ0) is 20.6. The van der Waals surface area contributed by atoms with Gasteiger partial charge in [0, 0.05) is 6.42 Å². The Morgan fingerprint density at radius 2 is 2.14 bits per heavy atom. The van der Waals surface area contributed by atoms with E-state index < -0.39 is 23.9 Å². The molecule has 9 heteroatoms. The van der Waals surface area contributed by atoms with Crippen LogP contribution in [0.2, 0.25) is 0 Å². The number of hydrogen-bond donors (Lipinski definition) is 3. The van der Waals surface area contributed by atoms with Crippen LogP contribution in [0.1, 0.15) is 51.9 Å². The number of nitrogens with two attached hydrogens (primary N) is 1. The summed E-state index contributed by atoms with van der Waals surface area (Å²) in [5.41, 5.74) is 5.48. The van der Waals surface area contributed by atoms with Crippen LogP contribution in [-0.2, 0) is 14.3 Å². The van der Waals surface area contributed by atoms with Crippen molar-refractivity contribution in [3.8, 4) is 0 Å². The molecule has 3 aliphatic heterocycles. The lowest BCUT2D eigenvalue weighted by Gasteiger charge is -2.39. The Balaban J connectivity index is 1.36. The molecule has 29 heavy (non-hydrogen) atoms. The van der Waals surface area contributed by atoms with Crippen molar-refractivity contribution in [2.45, 2.75) is 81.8 Å². The number of nitrogens with zero attached hydrogens (tertiary/aromatic N) is 3. The summed E-state index contributed by atoms with van der Waals surface area (Å²) >= 11 is 0. The number of esters is 1. The molecule has 4 aliphatic rings. The van der Waals surface area contributed by atoms with E-state index in [4.69, 9.17) is 15.2 Å². The van der Waals surface area contributed by atoms with Gasteiger partial charge in [-0.15, -0.1) is 0 Å². The largest absolute Gasteiger partial charge is 0.463 e. The first kappa shape index (κ1) is 20.3. The summed E-state index contributed by atoms with van der Waals surface area (Å²) < 4.78 is 11.5. The van der Waals surface area contributed by atoms with E-state index >= 15 is 0 Å². The average molecular weight is 406 g/mol. The van der Waals surface area contributed by atoms with E-state index in [2.05, 4.69) is 10.1 Å². The van der Waals surface area contributed by atoms with Gasteiger partial charge in [0.05, 0.1) is 11.7 Å². The summed E-state index contributed by atoms with van der Waals surface area (Å²) in [4.78, 5) is 16.2. The van der Waals surface area contributed by atoms with Gasteiger partial charge in [-0.1, -0.05) is 25.3 Å². The number of carbonyl (C=O) groups is 1. The number of carbonyl (C=O) groups excluding carboxylic acids is 1. The normalized spacial score (nSPS) is 37.3. The molecule has 4 N–H and O–H groups in total. The van der Waals surface area contributed by atoms with Crippen molar-refractivity contribution in [3.05, 3.63) is 11.8 Å². The van der Waals surface area contributed by atoms with Crippen LogP contribution >= 0.6 is 0 Å². The van der Waals surface area contributed by atoms with Gasteiger partial charge in [0.15, 0.2) is 5.84 Å². The molecule has 0 radical (unpaired) electrons. The molecule has 160 valence electrons. The van der Waals surface area contributed by atoms with Crippen molar-refractivity contribution < 1.29 is 24.5 Å². The number of aliphatic imine (C=N–C) groups is 1. The van der Waals surface area contributed by atoms with Crippen LogP contribution in [0.25, 0.3) is 0 Å². The highest BCUT2D eigenvalue weighted by atomic mass is 16.6. The standard InChI is InChI=1S/C20H30N4O5/c1-20(15-8-7-13-19(21)22-11-23-24(13)15)18(27)17(26)14(29-20)10-28-16(25)9-12-5-3-2-4-6-12/h7,11-12,14-15,17-18,26-27H,2-6,8-10H2,1H3,(H2,21,22,23)/t14-,15?,17-,18-,20+/m1/s1. The number of rotatable bonds is 5. The van der Waals surface area contributed by atoms with Crippen LogP contribution in [0.15, 0.2) is 21.9 Å². The number of hydrazone groups is 1. The highest BCUT2D eigenvalue weighted by molar-refractivity contribution is 6.02. The van der Waals surface area contributed by atoms with Gasteiger partial charge < -0.3 is 25.4 Å². The summed E-state index contributed by atoms with van der Waals surface area (Å²) in [6.07, 6.45) is 6.77. The van der Waals surface area contributed by atoms with Crippen molar-refractivity contribution in [3.63, 3.8) is 0 Å². The lowest BCUT2D eigenvalue weighted by Crippen LogP contribution is -2.55. The highest BCUT2D eigenvalue weighted by Crippen LogP contribution is 2.41. The number of fused-ring (bicyclic) bond motifs is 1. The molecular weight excluding hydrogens is 376 g/mol. The third-order valence-corrected chi connectivity index (χ3v) is 6.66. The fourth-order valence-electron chi connectivity index (χ4n) is 4.91. The van der Waals surface area contributed by atoms with E-state index in [9.17, 15) is 15.0 Å². The molecule has 5 atom stereocenters. The number of ether oxygens (including phenoxy) is 2. The molecule has 4 rings (SSSR count). The number of aliphatic hydroxyl groups excluding tert-OH is 2. The molecule has 9 nitrogen and oxygen atoms in total. The van der Waals surface area contributed by atoms with E-state index in [-0.39, 0.29) is 18.6 Å². The third kappa shape index (κ3) is 3.78. The van der Waals surface area contributed by atoms with E-state index in [0.717, 1.165) is 12.8 Å². The van der Waals surface area contributed by atoms with Gasteiger partial charge in [-0.2, -0.15) is 5.10 Å². The van der Waals surface area contributed by atoms with Crippen molar-refractivity contribution in [2.75, 3.05) is 6.61 Å². The Bertz CT molecular complexity index is 732. The van der Waals surface area contributed by atoms with Gasteiger partial charge in [-0.05, 0) is 32.1 Å². The Kier molecular flexibility index (Phi) is 5.63. The Morgan fingerprint density at radius 3 is 2.90 bits per heavy atom. The van der Waals surface area contributed by atoms with E-state index in [1.54, 1.807) is 11.9 Å². The summed E-state index contributed by atoms with van der Waals surface area (Å²) in [6, 6.07) is -0.351. The molecule has 0 bridgehead atoms. The number of hydrogen-bond acceptors (Lipinski definition) is 9. The molecular formula is C20H30N4O5. The first-order valence-corrected chi connectivity index (χ1v) is 10.4. The van der Waals surface area contributed by atoms with Gasteiger partial charge in [0.2, 0.25) is 0 Å². The SMILES string of the molecule is C[C@@]1(C2CC=C3C(N)=NC=NN32)O[C@H](COC(=O)CC2CCCCC2)[C@@H](O)[C@H]1O. The first-order chi connectivity index (χ1) is 13.9. The molecule has 0 spiro atoms. The fraction of sp³-hybridized carbons (Fsp3) is 0.750. The van der Waals surface area contributed by atoms with Crippen molar-refractivity contribution in [2.24, 2.45) is 21.7 Å². The number of aliphatic hydroxyl groups is 2. The van der Waals surface area contributed by atoms with Crippen LogP contribution in [0.4, 0.5) is 0 Å². The molecule has 1 aliphatic carbocycles. The lowest BCUT2D eigenvalue weighted by atomic mass is 9.87. The monoisotopic (exact) mass is 406 g/mol. The molecule has 3 heterocycles. The predicted octanol–water partition coefficient (Wildman–Crippen LogP) is 0.652. The van der Waals surface area contributed by atoms with Gasteiger partial charge in [-0.25, -0.2) is 4.99 Å². The van der Waals surface area contributed by atoms with E-state index in [1.807, 2.05) is 6.08 Å². The Labute approximate surface area is 170 Å². The number of amidine groups is 1. The maximum absolute atomic E-state index is 12.2. The highest BCUT2D eigenvalue weighted by Gasteiger charge is 2.58. The smallest absolute Gasteiger partial charge is 0.306 e. The lowest BCUT2D eigenvalue weighted by molar-refractivity contribution is -0.155. The second-order valence-corrected chi connectivity index (χ2v) is 8.60. The maximum atomic E-state index is 12.2. The Morgan fingerprint density at radius 1 is 1.38 bits per heavy atom. The van der Waals surface area contributed by atoms with Crippen molar-refractivity contribution in [1.29, 1.82) is 0 Å². The molecule has 0 aromatic rings. The summed E-state index contributed by atoms with van der Waals surface area (Å²) in [7, 11) is 0. The van der Waals surface area contributed by atoms with Crippen molar-refractivity contribution in [1.82, 2.24) is 5.01 Å². The topological polar surface area (TPSA) is 130 Å². The summed E-state index contributed by atoms with van der Waals surface area (Å²) in [6.45, 7) is 1.66. The molecule has 2 fully saturated rings. The molecule has 1 saturated heterocycles. The molecule has 1 unspecified atom stereocenters. The maximum Gasteiger partial charge on any atom is 0.306 e. The van der Waals surface area contributed by atoms with Gasteiger partial charge in [0.25, 0.3) is 0 Å². The van der Waals surface area contributed by atoms with Gasteiger partial charge in [0.1, 0.15) is 36.9 Å². The zero-order valence-electron chi connectivity index (χ0n) is 16.7. The molecule has 1 saturated carbocycles. The molecule has 0 aromatic heterocycles. The van der Waals surface area contributed by atoms with Gasteiger partial charge >= 0.3 is 5.97 Å². The van der Waals surface area contributed by atoms with Crippen LogP contribution in [0, 0.1) is 5.92 Å². The molecule has 0 amide bonds. The fourth-order valence-corrected chi connectivity index (χ4v) is 4.91. The second-order valence-electron chi connectivity index (χ2n) is 8.60. The predicted molar refractivity (Wildman–Crippen MR) is 106 cm³/mol. The first-order valence-electron chi connectivity index (χ1n) is 10.4. The van der Waals surface area contributed by atoms with Crippen LogP contribution in [-0.4, -0.2) is 69.9 Å².